The topological polar surface area (TPSA) is 68.6 Å². The number of halogens is 2. The van der Waals surface area contributed by atoms with Gasteiger partial charge in [-0.25, -0.2) is 8.78 Å². The van der Waals surface area contributed by atoms with Gasteiger partial charge in [0.05, 0.1) is 24.8 Å². The zero-order valence-corrected chi connectivity index (χ0v) is 13.5. The Kier molecular flexibility index (Phi) is 6.46. The van der Waals surface area contributed by atoms with E-state index >= 15 is 0 Å². The lowest BCUT2D eigenvalue weighted by Crippen LogP contribution is -2.50. The van der Waals surface area contributed by atoms with Crippen LogP contribution in [0.4, 0.5) is 14.5 Å². The first-order valence-corrected chi connectivity index (χ1v) is 7.67. The normalized spacial score (nSPS) is 15.2. The molecule has 1 aromatic carbocycles. The number of carbonyl (C=O) groups is 1. The fourth-order valence-corrected chi connectivity index (χ4v) is 2.61. The number of ether oxygens (including phenoxy) is 1. The molecule has 1 heterocycles. The lowest BCUT2D eigenvalue weighted by molar-refractivity contribution is -0.122. The molecule has 0 atom stereocenters. The highest BCUT2D eigenvalue weighted by atomic mass is 19.1. The number of piperazine rings is 1. The van der Waals surface area contributed by atoms with Gasteiger partial charge in [0.25, 0.3) is 0 Å². The molecule has 0 bridgehead atoms. The van der Waals surface area contributed by atoms with E-state index in [0.717, 1.165) is 12.1 Å². The number of amides is 1. The highest BCUT2D eigenvalue weighted by Crippen LogP contribution is 2.25. The molecule has 1 N–H and O–H groups in total. The van der Waals surface area contributed by atoms with Crippen LogP contribution in [0.5, 0.6) is 0 Å². The number of hydrogen-bond donors (Lipinski definition) is 1. The van der Waals surface area contributed by atoms with E-state index in [1.807, 2.05) is 4.90 Å². The number of benzene rings is 1. The van der Waals surface area contributed by atoms with Crippen LogP contribution < -0.4 is 10.2 Å². The number of nitrogens with zero attached hydrogens (tertiary/aromatic N) is 3. The Morgan fingerprint density at radius 1 is 1.29 bits per heavy atom. The fourth-order valence-electron chi connectivity index (χ4n) is 2.61. The molecular weight excluding hydrogens is 318 g/mol. The van der Waals surface area contributed by atoms with Crippen molar-refractivity contribution < 1.29 is 18.3 Å². The average Bonchev–Trinajstić information content (AvgIpc) is 2.56. The maximum atomic E-state index is 14.0. The van der Waals surface area contributed by atoms with Gasteiger partial charge in [-0.05, 0) is 12.1 Å². The summed E-state index contributed by atoms with van der Waals surface area (Å²) in [5.74, 6) is -1.58. The van der Waals surface area contributed by atoms with Gasteiger partial charge in [-0.3, -0.25) is 9.69 Å². The lowest BCUT2D eigenvalue weighted by Gasteiger charge is -2.36. The monoisotopic (exact) mass is 338 g/mol. The van der Waals surface area contributed by atoms with Crippen molar-refractivity contribution in [1.82, 2.24) is 10.2 Å². The summed E-state index contributed by atoms with van der Waals surface area (Å²) < 4.78 is 32.9. The zero-order chi connectivity index (χ0) is 17.5. The Balaban J connectivity index is 1.89. The number of anilines is 1. The number of rotatable bonds is 6. The Bertz CT molecular complexity index is 602. The van der Waals surface area contributed by atoms with Crippen LogP contribution in [0.25, 0.3) is 0 Å². The maximum Gasteiger partial charge on any atom is 0.234 e. The molecule has 0 radical (unpaired) electrons. The molecule has 8 heteroatoms. The maximum absolute atomic E-state index is 14.0. The molecule has 0 saturated carbocycles. The van der Waals surface area contributed by atoms with E-state index in [-0.39, 0.29) is 23.7 Å². The van der Waals surface area contributed by atoms with Crippen molar-refractivity contribution in [2.75, 3.05) is 57.9 Å². The second-order valence-electron chi connectivity index (χ2n) is 5.51. The molecule has 1 aromatic rings. The third-order valence-electron chi connectivity index (χ3n) is 3.83. The van der Waals surface area contributed by atoms with Crippen molar-refractivity contribution in [2.45, 2.75) is 0 Å². The van der Waals surface area contributed by atoms with E-state index in [1.165, 1.54) is 0 Å². The predicted octanol–water partition coefficient (Wildman–Crippen LogP) is 0.721. The smallest absolute Gasteiger partial charge is 0.234 e. The first-order chi connectivity index (χ1) is 11.5. The van der Waals surface area contributed by atoms with Gasteiger partial charge in [-0.1, -0.05) is 0 Å². The largest absolute Gasteiger partial charge is 0.383 e. The van der Waals surface area contributed by atoms with Crippen LogP contribution in [0, 0.1) is 23.0 Å². The summed E-state index contributed by atoms with van der Waals surface area (Å²) in [5, 5.41) is 11.5. The molecule has 1 aliphatic rings. The molecule has 24 heavy (non-hydrogen) atoms. The predicted molar refractivity (Wildman–Crippen MR) is 84.6 cm³/mol. The minimum atomic E-state index is -0.739. The number of carbonyl (C=O) groups excluding carboxylic acids is 1. The van der Waals surface area contributed by atoms with Crippen molar-refractivity contribution in [3.05, 3.63) is 29.3 Å². The average molecular weight is 338 g/mol. The number of nitriles is 1. The Morgan fingerprint density at radius 3 is 2.46 bits per heavy atom. The summed E-state index contributed by atoms with van der Waals surface area (Å²) in [6.07, 6.45) is 0. The van der Waals surface area contributed by atoms with Crippen molar-refractivity contribution in [3.8, 4) is 6.07 Å². The molecule has 0 aliphatic carbocycles. The van der Waals surface area contributed by atoms with E-state index in [9.17, 15) is 13.6 Å². The summed E-state index contributed by atoms with van der Waals surface area (Å²) in [5.41, 5.74) is -0.154. The van der Waals surface area contributed by atoms with Crippen LogP contribution in [0.1, 0.15) is 5.56 Å². The molecule has 1 amide bonds. The summed E-state index contributed by atoms with van der Waals surface area (Å²) in [4.78, 5) is 15.3. The Hall–Kier alpha value is -2.24. The molecular formula is C16H20F2N4O2. The van der Waals surface area contributed by atoms with Gasteiger partial charge in [-0.2, -0.15) is 5.26 Å². The van der Waals surface area contributed by atoms with Gasteiger partial charge in [0, 0.05) is 39.8 Å². The SMILES string of the molecule is COCCNC(=O)CN1CCN(c2c(F)cc(C#N)cc2F)CC1. The highest BCUT2D eigenvalue weighted by Gasteiger charge is 2.24. The molecule has 130 valence electrons. The third kappa shape index (κ3) is 4.63. The number of hydrogen-bond acceptors (Lipinski definition) is 5. The molecule has 6 nitrogen and oxygen atoms in total. The zero-order valence-electron chi connectivity index (χ0n) is 13.5. The summed E-state index contributed by atoms with van der Waals surface area (Å²) in [6, 6.07) is 3.80. The quantitative estimate of drug-likeness (QED) is 0.774. The van der Waals surface area contributed by atoms with Gasteiger partial charge in [0.2, 0.25) is 5.91 Å². The second kappa shape index (κ2) is 8.57. The number of methoxy groups -OCH3 is 1. The summed E-state index contributed by atoms with van der Waals surface area (Å²) in [7, 11) is 1.56. The molecule has 1 aliphatic heterocycles. The fraction of sp³-hybridized carbons (Fsp3) is 0.500. The molecule has 0 unspecified atom stereocenters. The van der Waals surface area contributed by atoms with E-state index in [1.54, 1.807) is 18.1 Å². The van der Waals surface area contributed by atoms with Gasteiger partial charge < -0.3 is 15.0 Å². The standard InChI is InChI=1S/C16H20F2N4O2/c1-24-7-2-20-15(23)11-21-3-5-22(6-4-21)16-13(17)8-12(10-19)9-14(16)18/h8-9H,2-7,11H2,1H3,(H,20,23). The molecule has 0 spiro atoms. The number of nitrogens with one attached hydrogen (secondary N) is 1. The van der Waals surface area contributed by atoms with Gasteiger partial charge in [0.15, 0.2) is 11.6 Å². The minimum Gasteiger partial charge on any atom is -0.383 e. The molecule has 2 rings (SSSR count). The van der Waals surface area contributed by atoms with E-state index in [0.29, 0.717) is 39.3 Å². The highest BCUT2D eigenvalue weighted by molar-refractivity contribution is 5.78. The molecule has 1 saturated heterocycles. The van der Waals surface area contributed by atoms with Gasteiger partial charge in [0.1, 0.15) is 5.69 Å². The summed E-state index contributed by atoms with van der Waals surface area (Å²) in [6.45, 7) is 3.02. The third-order valence-corrected chi connectivity index (χ3v) is 3.83. The van der Waals surface area contributed by atoms with Crippen LogP contribution >= 0.6 is 0 Å². The van der Waals surface area contributed by atoms with Crippen LogP contribution in [0.3, 0.4) is 0 Å². The van der Waals surface area contributed by atoms with E-state index < -0.39 is 11.6 Å². The molecule has 1 fully saturated rings. The van der Waals surface area contributed by atoms with E-state index in [2.05, 4.69) is 5.32 Å². The van der Waals surface area contributed by atoms with Gasteiger partial charge in [-0.15, -0.1) is 0 Å². The first-order valence-electron chi connectivity index (χ1n) is 7.67. The lowest BCUT2D eigenvalue weighted by atomic mass is 10.1. The molecule has 0 aromatic heterocycles. The minimum absolute atomic E-state index is 0.0416. The van der Waals surface area contributed by atoms with Crippen molar-refractivity contribution in [2.24, 2.45) is 0 Å². The van der Waals surface area contributed by atoms with Crippen LogP contribution in [-0.4, -0.2) is 63.8 Å². The summed E-state index contributed by atoms with van der Waals surface area (Å²) >= 11 is 0. The van der Waals surface area contributed by atoms with Crippen molar-refractivity contribution in [1.29, 1.82) is 5.26 Å². The Morgan fingerprint density at radius 2 is 1.92 bits per heavy atom. The van der Waals surface area contributed by atoms with E-state index in [4.69, 9.17) is 10.00 Å². The first kappa shape index (κ1) is 18.1. The van der Waals surface area contributed by atoms with Crippen LogP contribution in [-0.2, 0) is 9.53 Å². The van der Waals surface area contributed by atoms with Crippen LogP contribution in [0.15, 0.2) is 12.1 Å². The van der Waals surface area contributed by atoms with Crippen molar-refractivity contribution in [3.63, 3.8) is 0 Å². The van der Waals surface area contributed by atoms with Gasteiger partial charge >= 0.3 is 0 Å². The Labute approximate surface area is 139 Å². The second-order valence-corrected chi connectivity index (χ2v) is 5.51. The van der Waals surface area contributed by atoms with Crippen LogP contribution in [0.2, 0.25) is 0 Å². The van der Waals surface area contributed by atoms with Crippen molar-refractivity contribution >= 4 is 11.6 Å².